The summed E-state index contributed by atoms with van der Waals surface area (Å²) in [5.41, 5.74) is 9.35. The topological polar surface area (TPSA) is 75.3 Å². The third kappa shape index (κ3) is 3.67. The zero-order valence-electron chi connectivity index (χ0n) is 13.2. The maximum atomic E-state index is 9.07. The van der Waals surface area contributed by atoms with Gasteiger partial charge in [0.05, 0.1) is 5.69 Å². The third-order valence-corrected chi connectivity index (χ3v) is 3.59. The van der Waals surface area contributed by atoms with Crippen LogP contribution in [0, 0.1) is 0 Å². The Bertz CT molecular complexity index is 421. The van der Waals surface area contributed by atoms with Gasteiger partial charge in [0.1, 0.15) is 0 Å². The lowest BCUT2D eigenvalue weighted by Gasteiger charge is -2.30. The molecule has 0 radical (unpaired) electrons. The molecule has 20 heavy (non-hydrogen) atoms. The predicted octanol–water partition coefficient (Wildman–Crippen LogP) is 1.66. The first-order chi connectivity index (χ1) is 9.60. The molecule has 114 valence electrons. The Hall–Kier alpha value is -1.20. The summed E-state index contributed by atoms with van der Waals surface area (Å²) in [5, 5.41) is 17.9. The van der Waals surface area contributed by atoms with E-state index in [1.807, 2.05) is 0 Å². The van der Waals surface area contributed by atoms with Crippen LogP contribution in [-0.4, -0.2) is 34.5 Å². The van der Waals surface area contributed by atoms with Crippen molar-refractivity contribution in [2.24, 2.45) is 5.73 Å². The number of aryl methyl sites for hydroxylation is 1. The van der Waals surface area contributed by atoms with Crippen molar-refractivity contribution < 1.29 is 5.11 Å². The minimum absolute atomic E-state index is 0.183. The molecule has 1 aromatic rings. The monoisotopic (exact) mass is 280 g/mol. The van der Waals surface area contributed by atoms with E-state index >= 15 is 0 Å². The van der Waals surface area contributed by atoms with Gasteiger partial charge in [-0.15, -0.1) is 5.10 Å². The summed E-state index contributed by atoms with van der Waals surface area (Å²) in [6.45, 7) is 9.90. The van der Waals surface area contributed by atoms with E-state index in [2.05, 4.69) is 42.8 Å². The van der Waals surface area contributed by atoms with Crippen molar-refractivity contribution >= 4 is 5.82 Å². The van der Waals surface area contributed by atoms with Crippen LogP contribution in [0.25, 0.3) is 0 Å². The molecule has 0 saturated heterocycles. The highest BCUT2D eigenvalue weighted by Gasteiger charge is 2.20. The van der Waals surface area contributed by atoms with Gasteiger partial charge >= 0.3 is 0 Å². The number of nitrogens with two attached hydrogens (primary N) is 1. The van der Waals surface area contributed by atoms with Gasteiger partial charge in [-0.05, 0) is 38.7 Å². The highest BCUT2D eigenvalue weighted by atomic mass is 16.3. The molecule has 1 heterocycles. The quantitative estimate of drug-likeness (QED) is 0.757. The lowest BCUT2D eigenvalue weighted by molar-refractivity contribution is 0.288. The third-order valence-electron chi connectivity index (χ3n) is 3.59. The Morgan fingerprint density at radius 1 is 1.15 bits per heavy atom. The molecule has 0 unspecified atom stereocenters. The Morgan fingerprint density at radius 3 is 2.30 bits per heavy atom. The molecule has 1 rings (SSSR count). The van der Waals surface area contributed by atoms with Crippen LogP contribution in [0.1, 0.15) is 50.9 Å². The first-order valence-corrected chi connectivity index (χ1v) is 7.55. The fraction of sp³-hybridized carbons (Fsp3) is 0.733. The van der Waals surface area contributed by atoms with Crippen LogP contribution in [0.2, 0.25) is 0 Å². The van der Waals surface area contributed by atoms with Gasteiger partial charge < -0.3 is 15.7 Å². The Balaban J connectivity index is 3.26. The van der Waals surface area contributed by atoms with Gasteiger partial charge in [0.25, 0.3) is 0 Å². The van der Waals surface area contributed by atoms with Crippen LogP contribution in [0.4, 0.5) is 5.82 Å². The smallest absolute Gasteiger partial charge is 0.156 e. The second-order valence-corrected chi connectivity index (χ2v) is 5.20. The van der Waals surface area contributed by atoms with Crippen LogP contribution in [-0.2, 0) is 19.4 Å². The summed E-state index contributed by atoms with van der Waals surface area (Å²) in [6.07, 6.45) is 2.52. The largest absolute Gasteiger partial charge is 0.396 e. The maximum absolute atomic E-state index is 9.07. The molecular weight excluding hydrogens is 252 g/mol. The van der Waals surface area contributed by atoms with E-state index in [1.165, 1.54) is 5.56 Å². The number of hydrogen-bond acceptors (Lipinski definition) is 5. The van der Waals surface area contributed by atoms with E-state index in [4.69, 9.17) is 10.8 Å². The molecule has 5 nitrogen and oxygen atoms in total. The van der Waals surface area contributed by atoms with Crippen molar-refractivity contribution in [1.82, 2.24) is 10.2 Å². The summed E-state index contributed by atoms with van der Waals surface area (Å²) in [4.78, 5) is 2.18. The number of aliphatic hydroxyl groups excluding tert-OH is 1. The van der Waals surface area contributed by atoms with Crippen LogP contribution in [0.5, 0.6) is 0 Å². The van der Waals surface area contributed by atoms with Gasteiger partial charge in [0.15, 0.2) is 5.82 Å². The zero-order chi connectivity index (χ0) is 15.1. The van der Waals surface area contributed by atoms with Gasteiger partial charge in [-0.3, -0.25) is 0 Å². The zero-order valence-corrected chi connectivity index (χ0v) is 13.2. The van der Waals surface area contributed by atoms with Gasteiger partial charge in [0.2, 0.25) is 0 Å². The molecule has 0 aromatic carbocycles. The van der Waals surface area contributed by atoms with Crippen molar-refractivity contribution in [3.63, 3.8) is 0 Å². The summed E-state index contributed by atoms with van der Waals surface area (Å²) in [6, 6.07) is 0.304. The number of aliphatic hydroxyl groups is 1. The van der Waals surface area contributed by atoms with Gasteiger partial charge in [-0.25, -0.2) is 0 Å². The SMILES string of the molecule is CCc1nnc(N(CCCO)C(C)C)c(CN)c1CC. The van der Waals surface area contributed by atoms with E-state index in [9.17, 15) is 0 Å². The van der Waals surface area contributed by atoms with E-state index in [1.54, 1.807) is 0 Å². The molecule has 3 N–H and O–H groups in total. The van der Waals surface area contributed by atoms with E-state index in [-0.39, 0.29) is 6.61 Å². The molecule has 1 aromatic heterocycles. The molecular formula is C15H28N4O. The lowest BCUT2D eigenvalue weighted by atomic mass is 10.0. The van der Waals surface area contributed by atoms with Crippen LogP contribution < -0.4 is 10.6 Å². The molecule has 0 amide bonds. The molecule has 0 fully saturated rings. The van der Waals surface area contributed by atoms with Crippen molar-refractivity contribution in [1.29, 1.82) is 0 Å². The minimum Gasteiger partial charge on any atom is -0.396 e. The van der Waals surface area contributed by atoms with Crippen LogP contribution >= 0.6 is 0 Å². The standard InChI is InChI=1S/C15H28N4O/c1-5-12-13(10-16)15(18-17-14(12)6-2)19(11(3)4)8-7-9-20/h11,20H,5-10,16H2,1-4H3. The summed E-state index contributed by atoms with van der Waals surface area (Å²) >= 11 is 0. The first-order valence-electron chi connectivity index (χ1n) is 7.55. The average Bonchev–Trinajstić information content (AvgIpc) is 2.46. The molecule has 0 bridgehead atoms. The van der Waals surface area contributed by atoms with E-state index in [0.717, 1.165) is 42.9 Å². The second kappa shape index (κ2) is 8.17. The Labute approximate surface area is 122 Å². The minimum atomic E-state index is 0.183. The van der Waals surface area contributed by atoms with Crippen LogP contribution in [0.3, 0.4) is 0 Å². The number of hydrogen-bond donors (Lipinski definition) is 2. The number of nitrogens with zero attached hydrogens (tertiary/aromatic N) is 3. The lowest BCUT2D eigenvalue weighted by Crippen LogP contribution is -2.35. The van der Waals surface area contributed by atoms with E-state index in [0.29, 0.717) is 12.6 Å². The molecule has 0 atom stereocenters. The van der Waals surface area contributed by atoms with Gasteiger partial charge in [-0.1, -0.05) is 13.8 Å². The van der Waals surface area contributed by atoms with Crippen LogP contribution in [0.15, 0.2) is 0 Å². The van der Waals surface area contributed by atoms with Crippen molar-refractivity contribution in [2.75, 3.05) is 18.1 Å². The average molecular weight is 280 g/mol. The molecule has 0 spiro atoms. The maximum Gasteiger partial charge on any atom is 0.156 e. The fourth-order valence-electron chi connectivity index (χ4n) is 2.53. The van der Waals surface area contributed by atoms with Crippen molar-refractivity contribution in [3.05, 3.63) is 16.8 Å². The predicted molar refractivity (Wildman–Crippen MR) is 82.9 cm³/mol. The highest BCUT2D eigenvalue weighted by Crippen LogP contribution is 2.25. The molecule has 0 aliphatic heterocycles. The highest BCUT2D eigenvalue weighted by molar-refractivity contribution is 5.52. The normalized spacial score (nSPS) is 11.2. The number of aromatic nitrogens is 2. The Kier molecular flexibility index (Phi) is 6.88. The summed E-state index contributed by atoms with van der Waals surface area (Å²) in [5.74, 6) is 0.880. The Morgan fingerprint density at radius 2 is 1.85 bits per heavy atom. The van der Waals surface area contributed by atoms with E-state index < -0.39 is 0 Å². The fourth-order valence-corrected chi connectivity index (χ4v) is 2.53. The molecule has 0 aliphatic carbocycles. The van der Waals surface area contributed by atoms with Crippen molar-refractivity contribution in [2.45, 2.75) is 59.5 Å². The second-order valence-electron chi connectivity index (χ2n) is 5.20. The molecule has 5 heteroatoms. The summed E-state index contributed by atoms with van der Waals surface area (Å²) in [7, 11) is 0. The van der Waals surface area contributed by atoms with Gasteiger partial charge in [-0.2, -0.15) is 5.10 Å². The first kappa shape index (κ1) is 16.9. The molecule has 0 saturated carbocycles. The van der Waals surface area contributed by atoms with Crippen molar-refractivity contribution in [3.8, 4) is 0 Å². The molecule has 0 aliphatic rings. The number of rotatable bonds is 8. The number of anilines is 1. The van der Waals surface area contributed by atoms with Gasteiger partial charge in [0, 0.05) is 31.3 Å². The summed E-state index contributed by atoms with van der Waals surface area (Å²) < 4.78 is 0.